The molecule has 0 bridgehead atoms. The van der Waals surface area contributed by atoms with Crippen LogP contribution in [0.25, 0.3) is 0 Å². The summed E-state index contributed by atoms with van der Waals surface area (Å²) in [5, 5.41) is 10.6. The minimum atomic E-state index is -0.481. The first-order valence-corrected chi connectivity index (χ1v) is 7.94. The minimum Gasteiger partial charge on any atom is -0.352 e. The van der Waals surface area contributed by atoms with E-state index in [1.807, 2.05) is 43.7 Å². The van der Waals surface area contributed by atoms with Crippen LogP contribution in [0.3, 0.4) is 0 Å². The molecule has 122 valence electrons. The molecule has 1 aromatic heterocycles. The van der Waals surface area contributed by atoms with Crippen molar-refractivity contribution < 1.29 is 4.79 Å². The van der Waals surface area contributed by atoms with Crippen molar-refractivity contribution in [2.75, 3.05) is 10.6 Å². The zero-order valence-corrected chi connectivity index (χ0v) is 14.0. The lowest BCUT2D eigenvalue weighted by molar-refractivity contribution is -0.123. The summed E-state index contributed by atoms with van der Waals surface area (Å²) in [6.07, 6.45) is 0.924. The summed E-state index contributed by atoms with van der Waals surface area (Å²) in [5.41, 5.74) is 0.714. The Labute approximate surface area is 136 Å². The van der Waals surface area contributed by atoms with Crippen LogP contribution in [0, 0.1) is 5.41 Å². The van der Waals surface area contributed by atoms with Gasteiger partial charge >= 0.3 is 0 Å². The average Bonchev–Trinajstić information content (AvgIpc) is 2.88. The first kappa shape index (κ1) is 15.5. The van der Waals surface area contributed by atoms with E-state index in [1.165, 1.54) is 5.56 Å². The Hall–Kier alpha value is -2.37. The fourth-order valence-corrected chi connectivity index (χ4v) is 2.65. The Balaban J connectivity index is 1.91. The fraction of sp³-hybridized carbons (Fsp3) is 0.471. The first-order valence-electron chi connectivity index (χ1n) is 7.94. The number of hydrogen-bond acceptors (Lipinski definition) is 4. The predicted octanol–water partition coefficient (Wildman–Crippen LogP) is 3.06. The molecule has 0 saturated heterocycles. The molecule has 1 aliphatic heterocycles. The SMILES string of the molecule is C[C@@H]1C[C@H](c2ccccc2)n2nc(NC(=O)C(C)(C)C)nc2N1. The highest BCUT2D eigenvalue weighted by atomic mass is 16.2. The molecule has 0 spiro atoms. The van der Waals surface area contributed by atoms with E-state index in [1.54, 1.807) is 0 Å². The van der Waals surface area contributed by atoms with E-state index >= 15 is 0 Å². The summed E-state index contributed by atoms with van der Waals surface area (Å²) >= 11 is 0. The van der Waals surface area contributed by atoms with Gasteiger partial charge in [0, 0.05) is 11.5 Å². The van der Waals surface area contributed by atoms with Crippen LogP contribution in [0.15, 0.2) is 30.3 Å². The quantitative estimate of drug-likeness (QED) is 0.894. The molecule has 6 heteroatoms. The van der Waals surface area contributed by atoms with Gasteiger partial charge in [0.05, 0.1) is 6.04 Å². The van der Waals surface area contributed by atoms with Crippen LogP contribution in [0.2, 0.25) is 0 Å². The van der Waals surface area contributed by atoms with E-state index in [9.17, 15) is 4.79 Å². The molecular formula is C17H23N5O. The molecule has 0 radical (unpaired) electrons. The fourth-order valence-electron chi connectivity index (χ4n) is 2.65. The van der Waals surface area contributed by atoms with Gasteiger partial charge in [0.25, 0.3) is 5.95 Å². The van der Waals surface area contributed by atoms with E-state index < -0.39 is 5.41 Å². The molecule has 2 N–H and O–H groups in total. The highest BCUT2D eigenvalue weighted by Crippen LogP contribution is 2.31. The second-order valence-electron chi connectivity index (χ2n) is 7.12. The lowest BCUT2D eigenvalue weighted by atomic mass is 9.96. The van der Waals surface area contributed by atoms with Crippen LogP contribution in [0.1, 0.15) is 45.7 Å². The first-order chi connectivity index (χ1) is 10.8. The van der Waals surface area contributed by atoms with Crippen LogP contribution in [-0.2, 0) is 4.79 Å². The second-order valence-corrected chi connectivity index (χ2v) is 7.12. The average molecular weight is 313 g/mol. The van der Waals surface area contributed by atoms with Gasteiger partial charge in [-0.15, -0.1) is 5.10 Å². The van der Waals surface area contributed by atoms with E-state index in [-0.39, 0.29) is 11.9 Å². The van der Waals surface area contributed by atoms with Crippen molar-refractivity contribution in [1.82, 2.24) is 14.8 Å². The zero-order chi connectivity index (χ0) is 16.6. The summed E-state index contributed by atoms with van der Waals surface area (Å²) < 4.78 is 1.87. The Kier molecular flexibility index (Phi) is 3.83. The summed E-state index contributed by atoms with van der Waals surface area (Å²) in [5.74, 6) is 0.953. The van der Waals surface area contributed by atoms with Gasteiger partial charge in [-0.05, 0) is 18.9 Å². The molecule has 0 aliphatic carbocycles. The van der Waals surface area contributed by atoms with Crippen LogP contribution in [0.5, 0.6) is 0 Å². The van der Waals surface area contributed by atoms with Crippen molar-refractivity contribution in [1.29, 1.82) is 0 Å². The van der Waals surface area contributed by atoms with E-state index in [0.29, 0.717) is 17.9 Å². The van der Waals surface area contributed by atoms with Crippen molar-refractivity contribution in [3.05, 3.63) is 35.9 Å². The summed E-state index contributed by atoms with van der Waals surface area (Å²) in [4.78, 5) is 16.6. The molecule has 1 amide bonds. The molecule has 0 saturated carbocycles. The van der Waals surface area contributed by atoms with Gasteiger partial charge in [0.1, 0.15) is 0 Å². The minimum absolute atomic E-state index is 0.0928. The number of nitrogens with zero attached hydrogens (tertiary/aromatic N) is 3. The number of aromatic nitrogens is 3. The van der Waals surface area contributed by atoms with Gasteiger partial charge in [0.2, 0.25) is 11.9 Å². The number of anilines is 2. The maximum atomic E-state index is 12.1. The molecule has 23 heavy (non-hydrogen) atoms. The Morgan fingerprint density at radius 2 is 2.00 bits per heavy atom. The second kappa shape index (κ2) is 5.68. The smallest absolute Gasteiger partial charge is 0.250 e. The maximum absolute atomic E-state index is 12.1. The number of carbonyl (C=O) groups is 1. The number of fused-ring (bicyclic) bond motifs is 1. The molecule has 6 nitrogen and oxygen atoms in total. The zero-order valence-electron chi connectivity index (χ0n) is 14.0. The molecular weight excluding hydrogens is 290 g/mol. The van der Waals surface area contributed by atoms with Gasteiger partial charge in [-0.25, -0.2) is 4.68 Å². The summed E-state index contributed by atoms with van der Waals surface area (Å²) in [6, 6.07) is 10.7. The van der Waals surface area contributed by atoms with E-state index in [2.05, 4.69) is 39.8 Å². The van der Waals surface area contributed by atoms with Gasteiger partial charge < -0.3 is 5.32 Å². The number of nitrogens with one attached hydrogen (secondary N) is 2. The molecule has 1 aliphatic rings. The number of carbonyl (C=O) groups excluding carboxylic acids is 1. The van der Waals surface area contributed by atoms with Crippen molar-refractivity contribution in [3.63, 3.8) is 0 Å². The standard InChI is InChI=1S/C17H23N5O/c1-11-10-13(12-8-6-5-7-9-12)22-16(18-11)20-15(21-22)19-14(23)17(2,3)4/h5-9,11,13H,10H2,1-4H3,(H2,18,19,20,21,23)/t11-,13-/m1/s1. The Bertz CT molecular complexity index is 702. The predicted molar refractivity (Wildman–Crippen MR) is 90.4 cm³/mol. The highest BCUT2D eigenvalue weighted by molar-refractivity contribution is 5.93. The van der Waals surface area contributed by atoms with Crippen LogP contribution in [-0.4, -0.2) is 26.7 Å². The Morgan fingerprint density at radius 3 is 2.65 bits per heavy atom. The molecule has 2 atom stereocenters. The van der Waals surface area contributed by atoms with Crippen molar-refractivity contribution in [2.24, 2.45) is 5.41 Å². The van der Waals surface area contributed by atoms with Crippen LogP contribution < -0.4 is 10.6 Å². The highest BCUT2D eigenvalue weighted by Gasteiger charge is 2.29. The largest absolute Gasteiger partial charge is 0.352 e. The van der Waals surface area contributed by atoms with Crippen LogP contribution >= 0.6 is 0 Å². The molecule has 2 aromatic rings. The van der Waals surface area contributed by atoms with E-state index in [4.69, 9.17) is 0 Å². The third kappa shape index (κ3) is 3.21. The number of benzene rings is 1. The third-order valence-corrected chi connectivity index (χ3v) is 3.97. The Morgan fingerprint density at radius 1 is 1.30 bits per heavy atom. The third-order valence-electron chi connectivity index (χ3n) is 3.97. The van der Waals surface area contributed by atoms with Gasteiger partial charge in [-0.2, -0.15) is 4.98 Å². The summed E-state index contributed by atoms with van der Waals surface area (Å²) in [6.45, 7) is 7.73. The monoisotopic (exact) mass is 313 g/mol. The normalized spacial score (nSPS) is 20.5. The number of hydrogen-bond donors (Lipinski definition) is 2. The topological polar surface area (TPSA) is 71.8 Å². The lowest BCUT2D eigenvalue weighted by Crippen LogP contribution is -2.31. The molecule has 1 aromatic carbocycles. The van der Waals surface area contributed by atoms with Gasteiger partial charge in [0.15, 0.2) is 0 Å². The molecule has 2 heterocycles. The van der Waals surface area contributed by atoms with Crippen molar-refractivity contribution in [3.8, 4) is 0 Å². The number of rotatable bonds is 2. The molecule has 3 rings (SSSR count). The van der Waals surface area contributed by atoms with Crippen molar-refractivity contribution >= 4 is 17.8 Å². The molecule has 0 fully saturated rings. The van der Waals surface area contributed by atoms with Crippen molar-refractivity contribution in [2.45, 2.75) is 46.2 Å². The lowest BCUT2D eigenvalue weighted by Gasteiger charge is -2.29. The molecule has 0 unspecified atom stereocenters. The van der Waals surface area contributed by atoms with Crippen LogP contribution in [0.4, 0.5) is 11.9 Å². The maximum Gasteiger partial charge on any atom is 0.250 e. The van der Waals surface area contributed by atoms with E-state index in [0.717, 1.165) is 6.42 Å². The van der Waals surface area contributed by atoms with Gasteiger partial charge in [-0.3, -0.25) is 10.1 Å². The summed E-state index contributed by atoms with van der Waals surface area (Å²) in [7, 11) is 0. The number of amides is 1. The van der Waals surface area contributed by atoms with Gasteiger partial charge in [-0.1, -0.05) is 51.1 Å².